The third kappa shape index (κ3) is 6.84. The third-order valence-corrected chi connectivity index (χ3v) is 8.12. The van der Waals surface area contributed by atoms with E-state index in [1.54, 1.807) is 30.3 Å². The topological polar surface area (TPSA) is 110 Å². The molecule has 2 aromatic carbocycles. The first kappa shape index (κ1) is 26.1. The molecule has 0 bridgehead atoms. The predicted octanol–water partition coefficient (Wildman–Crippen LogP) is 5.74. The average Bonchev–Trinajstić information content (AvgIpc) is 2.86. The van der Waals surface area contributed by atoms with E-state index in [9.17, 15) is 8.42 Å². The van der Waals surface area contributed by atoms with Gasteiger partial charge in [-0.1, -0.05) is 61.4 Å². The summed E-state index contributed by atoms with van der Waals surface area (Å²) in [5.74, 6) is 0.672. The number of rotatable bonds is 9. The van der Waals surface area contributed by atoms with Crippen LogP contribution in [0, 0.1) is 0 Å². The van der Waals surface area contributed by atoms with Gasteiger partial charge in [0.1, 0.15) is 4.90 Å². The van der Waals surface area contributed by atoms with E-state index < -0.39 is 10.0 Å². The Labute approximate surface area is 218 Å². The van der Waals surface area contributed by atoms with Crippen molar-refractivity contribution in [1.29, 1.82) is 0 Å². The van der Waals surface area contributed by atoms with Crippen LogP contribution >= 0.6 is 11.6 Å². The summed E-state index contributed by atoms with van der Waals surface area (Å²) in [4.78, 5) is 9.38. The quantitative estimate of drug-likeness (QED) is 0.329. The van der Waals surface area contributed by atoms with Crippen molar-refractivity contribution in [3.8, 4) is 0 Å². The number of nitrogens with zero attached hydrogens (tertiary/aromatic N) is 2. The SMILES string of the molecule is CCCc1nc(NC2CCC(N)CC2)ncc1/C=C/c1ccc(NS(=O)(=O)c2ccccc2Cl)cc1. The molecule has 0 radical (unpaired) electrons. The lowest BCUT2D eigenvalue weighted by molar-refractivity contribution is 0.409. The maximum Gasteiger partial charge on any atom is 0.263 e. The van der Waals surface area contributed by atoms with Gasteiger partial charge in [-0.2, -0.15) is 0 Å². The summed E-state index contributed by atoms with van der Waals surface area (Å²) < 4.78 is 27.9. The van der Waals surface area contributed by atoms with E-state index in [2.05, 4.69) is 21.9 Å². The van der Waals surface area contributed by atoms with Crippen molar-refractivity contribution in [3.05, 3.63) is 76.6 Å². The first-order valence-corrected chi connectivity index (χ1v) is 14.1. The maximum absolute atomic E-state index is 12.7. The van der Waals surface area contributed by atoms with Gasteiger partial charge in [0.15, 0.2) is 0 Å². The smallest absolute Gasteiger partial charge is 0.263 e. The van der Waals surface area contributed by atoms with E-state index in [0.29, 0.717) is 23.7 Å². The third-order valence-electron chi connectivity index (χ3n) is 6.24. The number of aryl methyl sites for hydroxylation is 1. The zero-order chi connectivity index (χ0) is 25.5. The standard InChI is InChI=1S/C27H32ClN5O2S/c1-2-5-25-20(18-30-27(32-25)31-22-16-12-21(29)13-17-22)11-8-19-9-14-23(15-10-19)33-36(34,35)26-7-4-3-6-24(26)28/h3-4,6-11,14-15,18,21-22,33H,2,5,12-13,16-17,29H2,1H3,(H,30,31,32)/b11-8+. The first-order valence-electron chi connectivity index (χ1n) is 12.3. The molecule has 1 fully saturated rings. The molecule has 0 atom stereocenters. The fraction of sp³-hybridized carbons (Fsp3) is 0.333. The van der Waals surface area contributed by atoms with Crippen LogP contribution in [0.2, 0.25) is 5.02 Å². The molecule has 9 heteroatoms. The van der Waals surface area contributed by atoms with Gasteiger partial charge in [-0.05, 0) is 61.9 Å². The summed E-state index contributed by atoms with van der Waals surface area (Å²) in [6.45, 7) is 2.13. The van der Waals surface area contributed by atoms with Crippen LogP contribution in [0.5, 0.6) is 0 Å². The van der Waals surface area contributed by atoms with Crippen molar-refractivity contribution in [2.75, 3.05) is 10.0 Å². The summed E-state index contributed by atoms with van der Waals surface area (Å²) >= 11 is 6.05. The second-order valence-electron chi connectivity index (χ2n) is 9.09. The van der Waals surface area contributed by atoms with E-state index in [1.807, 2.05) is 30.5 Å². The van der Waals surface area contributed by atoms with Gasteiger partial charge in [-0.25, -0.2) is 18.4 Å². The molecule has 4 rings (SSSR count). The molecule has 36 heavy (non-hydrogen) atoms. The van der Waals surface area contributed by atoms with Crippen LogP contribution in [-0.2, 0) is 16.4 Å². The monoisotopic (exact) mass is 525 g/mol. The van der Waals surface area contributed by atoms with Crippen LogP contribution < -0.4 is 15.8 Å². The largest absolute Gasteiger partial charge is 0.351 e. The summed E-state index contributed by atoms with van der Waals surface area (Å²) in [5.41, 5.74) is 9.38. The molecule has 1 aliphatic rings. The number of halogens is 1. The van der Waals surface area contributed by atoms with E-state index >= 15 is 0 Å². The molecular weight excluding hydrogens is 494 g/mol. The summed E-state index contributed by atoms with van der Waals surface area (Å²) in [5, 5.41) is 3.65. The Kier molecular flexibility index (Phi) is 8.61. The molecular formula is C27H32ClN5O2S. The van der Waals surface area contributed by atoms with Crippen LogP contribution in [0.1, 0.15) is 55.8 Å². The van der Waals surface area contributed by atoms with E-state index in [4.69, 9.17) is 22.3 Å². The van der Waals surface area contributed by atoms with Gasteiger partial charge in [0.05, 0.1) is 10.7 Å². The van der Waals surface area contributed by atoms with Crippen LogP contribution in [0.3, 0.4) is 0 Å². The number of sulfonamides is 1. The molecule has 0 unspecified atom stereocenters. The van der Waals surface area contributed by atoms with Crippen molar-refractivity contribution in [2.24, 2.45) is 5.73 Å². The normalized spacial score (nSPS) is 18.3. The minimum Gasteiger partial charge on any atom is -0.351 e. The Morgan fingerprint density at radius 2 is 1.78 bits per heavy atom. The molecule has 0 aliphatic heterocycles. The van der Waals surface area contributed by atoms with Gasteiger partial charge < -0.3 is 11.1 Å². The Morgan fingerprint density at radius 3 is 2.47 bits per heavy atom. The van der Waals surface area contributed by atoms with E-state index in [1.165, 1.54) is 6.07 Å². The first-order chi connectivity index (χ1) is 17.3. The molecule has 1 saturated carbocycles. The minimum absolute atomic E-state index is 0.0455. The molecule has 4 N–H and O–H groups in total. The van der Waals surface area contributed by atoms with Crippen molar-refractivity contribution in [2.45, 2.75) is 62.4 Å². The zero-order valence-electron chi connectivity index (χ0n) is 20.3. The highest BCUT2D eigenvalue weighted by atomic mass is 35.5. The van der Waals surface area contributed by atoms with Crippen LogP contribution in [0.25, 0.3) is 12.2 Å². The second-order valence-corrected chi connectivity index (χ2v) is 11.2. The molecule has 0 saturated heterocycles. The molecule has 0 amide bonds. The number of aromatic nitrogens is 2. The average molecular weight is 526 g/mol. The minimum atomic E-state index is -3.77. The Morgan fingerprint density at radius 1 is 1.06 bits per heavy atom. The van der Waals surface area contributed by atoms with Crippen molar-refractivity contribution >= 4 is 45.4 Å². The van der Waals surface area contributed by atoms with Crippen molar-refractivity contribution in [1.82, 2.24) is 9.97 Å². The highest BCUT2D eigenvalue weighted by molar-refractivity contribution is 7.92. The maximum atomic E-state index is 12.7. The molecule has 190 valence electrons. The van der Waals surface area contributed by atoms with E-state index in [0.717, 1.165) is 55.3 Å². The Hall–Kier alpha value is -2.94. The van der Waals surface area contributed by atoms with Crippen LogP contribution in [0.4, 0.5) is 11.6 Å². The zero-order valence-corrected chi connectivity index (χ0v) is 21.9. The summed E-state index contributed by atoms with van der Waals surface area (Å²) in [7, 11) is -3.77. The van der Waals surface area contributed by atoms with Crippen molar-refractivity contribution in [3.63, 3.8) is 0 Å². The van der Waals surface area contributed by atoms with Gasteiger partial charge >= 0.3 is 0 Å². The number of hydrogen-bond donors (Lipinski definition) is 3. The Bertz CT molecular complexity index is 1300. The predicted molar refractivity (Wildman–Crippen MR) is 148 cm³/mol. The molecule has 7 nitrogen and oxygen atoms in total. The lowest BCUT2D eigenvalue weighted by atomic mass is 9.92. The highest BCUT2D eigenvalue weighted by Crippen LogP contribution is 2.24. The lowest BCUT2D eigenvalue weighted by Gasteiger charge is -2.26. The molecule has 0 spiro atoms. The van der Waals surface area contributed by atoms with Crippen LogP contribution in [0.15, 0.2) is 59.6 Å². The highest BCUT2D eigenvalue weighted by Gasteiger charge is 2.19. The van der Waals surface area contributed by atoms with Crippen LogP contribution in [-0.4, -0.2) is 30.5 Å². The Balaban J connectivity index is 1.44. The number of nitrogens with two attached hydrogens (primary N) is 1. The molecule has 1 heterocycles. The van der Waals surface area contributed by atoms with E-state index in [-0.39, 0.29) is 9.92 Å². The summed E-state index contributed by atoms with van der Waals surface area (Å²) in [6.07, 6.45) is 11.8. The number of benzene rings is 2. The number of anilines is 2. The van der Waals surface area contributed by atoms with Gasteiger partial charge in [0, 0.05) is 29.5 Å². The van der Waals surface area contributed by atoms with Gasteiger partial charge in [0.25, 0.3) is 10.0 Å². The fourth-order valence-corrected chi connectivity index (χ4v) is 5.82. The fourth-order valence-electron chi connectivity index (χ4n) is 4.24. The van der Waals surface area contributed by atoms with Crippen molar-refractivity contribution < 1.29 is 8.42 Å². The number of hydrogen-bond acceptors (Lipinski definition) is 6. The number of nitrogens with one attached hydrogen (secondary N) is 2. The molecule has 1 aromatic heterocycles. The molecule has 1 aliphatic carbocycles. The van der Waals surface area contributed by atoms with Gasteiger partial charge in [0.2, 0.25) is 5.95 Å². The molecule has 3 aromatic rings. The van der Waals surface area contributed by atoms with Gasteiger partial charge in [-0.15, -0.1) is 0 Å². The second kappa shape index (κ2) is 11.9. The lowest BCUT2D eigenvalue weighted by Crippen LogP contribution is -2.33. The summed E-state index contributed by atoms with van der Waals surface area (Å²) in [6, 6.07) is 14.2. The van der Waals surface area contributed by atoms with Gasteiger partial charge in [-0.3, -0.25) is 4.72 Å².